The number of nitrogens with zero attached hydrogens (tertiary/aromatic N) is 2. The van der Waals surface area contributed by atoms with Gasteiger partial charge < -0.3 is 5.32 Å². The van der Waals surface area contributed by atoms with E-state index in [1.165, 1.54) is 0 Å². The zero-order chi connectivity index (χ0) is 11.1. The van der Waals surface area contributed by atoms with Crippen molar-refractivity contribution < 1.29 is 0 Å². The summed E-state index contributed by atoms with van der Waals surface area (Å²) in [6, 6.07) is 4.03. The average Bonchev–Trinajstić information content (AvgIpc) is 2.24. The zero-order valence-corrected chi connectivity index (χ0v) is 9.90. The van der Waals surface area contributed by atoms with Gasteiger partial charge in [0.05, 0.1) is 5.56 Å². The van der Waals surface area contributed by atoms with Crippen LogP contribution in [0.1, 0.15) is 17.5 Å². The number of aromatic nitrogens is 1. The van der Waals surface area contributed by atoms with E-state index in [9.17, 15) is 0 Å². The second-order valence-electron chi connectivity index (χ2n) is 3.24. The molecule has 80 valence electrons. The summed E-state index contributed by atoms with van der Waals surface area (Å²) in [5, 5.41) is 12.2. The van der Waals surface area contributed by atoms with Crippen molar-refractivity contribution in [1.29, 1.82) is 5.26 Å². The van der Waals surface area contributed by atoms with Crippen molar-refractivity contribution in [3.8, 4) is 6.07 Å². The fraction of sp³-hybridized carbons (Fsp3) is 0.455. The molecular weight excluding hydrogens is 206 g/mol. The van der Waals surface area contributed by atoms with Crippen molar-refractivity contribution in [2.45, 2.75) is 13.3 Å². The Morgan fingerprint density at radius 3 is 3.07 bits per heavy atom. The number of thioether (sulfide) groups is 1. The Kier molecular flexibility index (Phi) is 4.99. The molecule has 0 aliphatic carbocycles. The molecule has 0 spiro atoms. The normalized spacial score (nSPS) is 9.67. The molecule has 0 saturated heterocycles. The lowest BCUT2D eigenvalue weighted by Gasteiger charge is -2.07. The van der Waals surface area contributed by atoms with Gasteiger partial charge in [-0.15, -0.1) is 0 Å². The summed E-state index contributed by atoms with van der Waals surface area (Å²) in [4.78, 5) is 4.17. The Morgan fingerprint density at radius 1 is 1.60 bits per heavy atom. The molecule has 0 saturated carbocycles. The van der Waals surface area contributed by atoms with Gasteiger partial charge in [-0.25, -0.2) is 4.98 Å². The number of nitrogens with one attached hydrogen (secondary N) is 1. The summed E-state index contributed by atoms with van der Waals surface area (Å²) in [6.07, 6.45) is 4.90. The van der Waals surface area contributed by atoms with Crippen LogP contribution in [0.15, 0.2) is 12.3 Å². The number of aryl methyl sites for hydroxylation is 1. The Labute approximate surface area is 94.9 Å². The summed E-state index contributed by atoms with van der Waals surface area (Å²) in [5.41, 5.74) is 1.63. The van der Waals surface area contributed by atoms with Gasteiger partial charge in [0.15, 0.2) is 0 Å². The minimum atomic E-state index is 0.654. The molecule has 0 unspecified atom stereocenters. The molecule has 1 aromatic heterocycles. The van der Waals surface area contributed by atoms with Crippen molar-refractivity contribution in [3.63, 3.8) is 0 Å². The van der Waals surface area contributed by atoms with E-state index in [1.54, 1.807) is 6.20 Å². The van der Waals surface area contributed by atoms with Crippen LogP contribution >= 0.6 is 11.8 Å². The van der Waals surface area contributed by atoms with E-state index in [0.29, 0.717) is 11.4 Å². The number of hydrogen-bond donors (Lipinski definition) is 1. The van der Waals surface area contributed by atoms with Gasteiger partial charge >= 0.3 is 0 Å². The Morgan fingerprint density at radius 2 is 2.40 bits per heavy atom. The lowest BCUT2D eigenvalue weighted by Crippen LogP contribution is -2.06. The number of rotatable bonds is 5. The van der Waals surface area contributed by atoms with Gasteiger partial charge in [-0.1, -0.05) is 0 Å². The molecule has 1 aromatic rings. The molecule has 0 aliphatic heterocycles. The van der Waals surface area contributed by atoms with Gasteiger partial charge in [0, 0.05) is 12.7 Å². The fourth-order valence-corrected chi connectivity index (χ4v) is 1.69. The molecule has 3 nitrogen and oxygen atoms in total. The minimum absolute atomic E-state index is 0.654. The molecule has 1 heterocycles. The molecule has 0 atom stereocenters. The molecule has 0 radical (unpaired) electrons. The van der Waals surface area contributed by atoms with Crippen molar-refractivity contribution in [2.24, 2.45) is 0 Å². The first-order chi connectivity index (χ1) is 7.29. The van der Waals surface area contributed by atoms with Crippen LogP contribution in [0.25, 0.3) is 0 Å². The summed E-state index contributed by atoms with van der Waals surface area (Å²) >= 11 is 1.82. The predicted octanol–water partition coefficient (Wildman–Crippen LogP) is 2.43. The Balaban J connectivity index is 2.61. The quantitative estimate of drug-likeness (QED) is 0.776. The van der Waals surface area contributed by atoms with Crippen LogP contribution in [-0.4, -0.2) is 23.5 Å². The van der Waals surface area contributed by atoms with E-state index < -0.39 is 0 Å². The first-order valence-electron chi connectivity index (χ1n) is 4.88. The summed E-state index contributed by atoms with van der Waals surface area (Å²) in [6.45, 7) is 2.79. The van der Waals surface area contributed by atoms with E-state index in [1.807, 2.05) is 24.8 Å². The van der Waals surface area contributed by atoms with Crippen LogP contribution in [-0.2, 0) is 0 Å². The van der Waals surface area contributed by atoms with Crippen LogP contribution in [0.3, 0.4) is 0 Å². The lowest BCUT2D eigenvalue weighted by molar-refractivity contribution is 0.979. The number of pyridine rings is 1. The Hall–Kier alpha value is -1.21. The first kappa shape index (κ1) is 11.9. The highest BCUT2D eigenvalue weighted by molar-refractivity contribution is 7.98. The molecule has 0 bridgehead atoms. The minimum Gasteiger partial charge on any atom is -0.369 e. The zero-order valence-electron chi connectivity index (χ0n) is 9.08. The second kappa shape index (κ2) is 6.31. The van der Waals surface area contributed by atoms with Crippen LogP contribution < -0.4 is 5.32 Å². The van der Waals surface area contributed by atoms with Gasteiger partial charge in [-0.05, 0) is 37.0 Å². The monoisotopic (exact) mass is 221 g/mol. The van der Waals surface area contributed by atoms with Crippen molar-refractivity contribution in [1.82, 2.24) is 4.98 Å². The van der Waals surface area contributed by atoms with Gasteiger partial charge in [0.25, 0.3) is 0 Å². The SMILES string of the molecule is CSCCCNc1nccc(C)c1C#N. The van der Waals surface area contributed by atoms with Gasteiger partial charge in [0.1, 0.15) is 11.9 Å². The summed E-state index contributed by atoms with van der Waals surface area (Å²) in [5.74, 6) is 1.83. The molecule has 0 aliphatic rings. The molecule has 0 aromatic carbocycles. The number of hydrogen-bond acceptors (Lipinski definition) is 4. The van der Waals surface area contributed by atoms with Gasteiger partial charge in [-0.2, -0.15) is 17.0 Å². The van der Waals surface area contributed by atoms with E-state index in [4.69, 9.17) is 5.26 Å². The molecule has 1 N–H and O–H groups in total. The fourth-order valence-electron chi connectivity index (χ4n) is 1.26. The molecule has 0 amide bonds. The van der Waals surface area contributed by atoms with Crippen molar-refractivity contribution in [2.75, 3.05) is 23.9 Å². The number of anilines is 1. The van der Waals surface area contributed by atoms with Gasteiger partial charge in [-0.3, -0.25) is 0 Å². The van der Waals surface area contributed by atoms with Crippen molar-refractivity contribution in [3.05, 3.63) is 23.4 Å². The highest BCUT2D eigenvalue weighted by Gasteiger charge is 2.04. The largest absolute Gasteiger partial charge is 0.369 e. The smallest absolute Gasteiger partial charge is 0.144 e. The summed E-state index contributed by atoms with van der Waals surface area (Å²) < 4.78 is 0. The average molecular weight is 221 g/mol. The predicted molar refractivity (Wildman–Crippen MR) is 65.2 cm³/mol. The highest BCUT2D eigenvalue weighted by atomic mass is 32.2. The standard InChI is InChI=1S/C11H15N3S/c1-9-4-6-14-11(10(9)8-12)13-5-3-7-15-2/h4,6H,3,5,7H2,1-2H3,(H,13,14). The number of nitriles is 1. The third-order valence-electron chi connectivity index (χ3n) is 2.09. The van der Waals surface area contributed by atoms with Crippen LogP contribution in [0, 0.1) is 18.3 Å². The first-order valence-corrected chi connectivity index (χ1v) is 6.27. The van der Waals surface area contributed by atoms with Gasteiger partial charge in [0.2, 0.25) is 0 Å². The second-order valence-corrected chi connectivity index (χ2v) is 4.22. The van der Waals surface area contributed by atoms with E-state index >= 15 is 0 Å². The third kappa shape index (κ3) is 3.45. The third-order valence-corrected chi connectivity index (χ3v) is 2.79. The van der Waals surface area contributed by atoms with Crippen LogP contribution in [0.4, 0.5) is 5.82 Å². The molecular formula is C11H15N3S. The Bertz CT molecular complexity index is 357. The van der Waals surface area contributed by atoms with Crippen molar-refractivity contribution >= 4 is 17.6 Å². The van der Waals surface area contributed by atoms with E-state index in [0.717, 1.165) is 24.3 Å². The lowest BCUT2D eigenvalue weighted by atomic mass is 10.1. The van der Waals surface area contributed by atoms with E-state index in [2.05, 4.69) is 22.6 Å². The molecule has 1 rings (SSSR count). The molecule has 0 fully saturated rings. The maximum Gasteiger partial charge on any atom is 0.144 e. The van der Waals surface area contributed by atoms with Crippen LogP contribution in [0.2, 0.25) is 0 Å². The highest BCUT2D eigenvalue weighted by Crippen LogP contribution is 2.14. The maximum atomic E-state index is 8.97. The summed E-state index contributed by atoms with van der Waals surface area (Å²) in [7, 11) is 0. The topological polar surface area (TPSA) is 48.7 Å². The van der Waals surface area contributed by atoms with Crippen LogP contribution in [0.5, 0.6) is 0 Å². The maximum absolute atomic E-state index is 8.97. The molecule has 4 heteroatoms. The van der Waals surface area contributed by atoms with E-state index in [-0.39, 0.29) is 0 Å². The molecule has 15 heavy (non-hydrogen) atoms.